The number of carbonyl (C=O) groups excluding carboxylic acids is 1. The molecule has 2 aromatic rings. The third-order valence-electron chi connectivity index (χ3n) is 3.91. The molecule has 0 aromatic heterocycles. The third-order valence-corrected chi connectivity index (χ3v) is 5.31. The number of sulfonamides is 1. The molecule has 0 amide bonds. The van der Waals surface area contributed by atoms with E-state index in [1.54, 1.807) is 49.4 Å². The van der Waals surface area contributed by atoms with Gasteiger partial charge in [-0.15, -0.1) is 0 Å². The SMILES string of the molecule is CCCCc1ccc(S(=O)(=O)Nc2ccc(C=CC(=O)OCC)cc2)cc1. The highest BCUT2D eigenvalue weighted by molar-refractivity contribution is 7.92. The molecule has 0 spiro atoms. The number of hydrogen-bond donors (Lipinski definition) is 1. The van der Waals surface area contributed by atoms with Gasteiger partial charge in [0.15, 0.2) is 0 Å². The van der Waals surface area contributed by atoms with Crippen LogP contribution < -0.4 is 4.72 Å². The monoisotopic (exact) mass is 387 g/mol. The highest BCUT2D eigenvalue weighted by atomic mass is 32.2. The van der Waals surface area contributed by atoms with Crippen molar-refractivity contribution in [1.29, 1.82) is 0 Å². The summed E-state index contributed by atoms with van der Waals surface area (Å²) in [5.74, 6) is -0.412. The van der Waals surface area contributed by atoms with E-state index in [0.717, 1.165) is 30.4 Å². The topological polar surface area (TPSA) is 72.5 Å². The van der Waals surface area contributed by atoms with Gasteiger partial charge in [0, 0.05) is 11.8 Å². The minimum absolute atomic E-state index is 0.231. The fraction of sp³-hybridized carbons (Fsp3) is 0.286. The lowest BCUT2D eigenvalue weighted by Gasteiger charge is -2.09. The molecule has 5 nitrogen and oxygen atoms in total. The number of benzene rings is 2. The second-order valence-corrected chi connectivity index (χ2v) is 7.74. The predicted molar refractivity (Wildman–Crippen MR) is 108 cm³/mol. The van der Waals surface area contributed by atoms with E-state index in [1.165, 1.54) is 6.08 Å². The van der Waals surface area contributed by atoms with E-state index in [9.17, 15) is 13.2 Å². The molecule has 0 aliphatic carbocycles. The zero-order chi connectivity index (χ0) is 19.7. The first-order valence-electron chi connectivity index (χ1n) is 9.01. The van der Waals surface area contributed by atoms with Crippen LogP contribution in [0, 0.1) is 0 Å². The molecule has 0 saturated carbocycles. The number of anilines is 1. The quantitative estimate of drug-likeness (QED) is 0.511. The Morgan fingerprint density at radius 2 is 1.70 bits per heavy atom. The lowest BCUT2D eigenvalue weighted by Crippen LogP contribution is -2.12. The van der Waals surface area contributed by atoms with Crippen molar-refractivity contribution in [3.8, 4) is 0 Å². The van der Waals surface area contributed by atoms with Gasteiger partial charge in [-0.3, -0.25) is 4.72 Å². The van der Waals surface area contributed by atoms with Gasteiger partial charge in [-0.2, -0.15) is 0 Å². The van der Waals surface area contributed by atoms with Crippen LogP contribution in [0.25, 0.3) is 6.08 Å². The number of unbranched alkanes of at least 4 members (excludes halogenated alkanes) is 1. The van der Waals surface area contributed by atoms with E-state index in [-0.39, 0.29) is 4.90 Å². The molecule has 0 atom stereocenters. The maximum absolute atomic E-state index is 12.5. The lowest BCUT2D eigenvalue weighted by atomic mass is 10.1. The number of ether oxygens (including phenoxy) is 1. The normalized spacial score (nSPS) is 11.5. The second kappa shape index (κ2) is 9.92. The van der Waals surface area contributed by atoms with Crippen LogP contribution in [0.1, 0.15) is 37.8 Å². The summed E-state index contributed by atoms with van der Waals surface area (Å²) in [6.07, 6.45) is 6.09. The van der Waals surface area contributed by atoms with Crippen molar-refractivity contribution in [3.05, 3.63) is 65.7 Å². The van der Waals surface area contributed by atoms with Gasteiger partial charge in [0.25, 0.3) is 10.0 Å². The average Bonchev–Trinajstić information content (AvgIpc) is 2.66. The smallest absolute Gasteiger partial charge is 0.330 e. The van der Waals surface area contributed by atoms with Crippen LogP contribution in [-0.2, 0) is 26.0 Å². The molecule has 0 saturated heterocycles. The fourth-order valence-electron chi connectivity index (χ4n) is 2.45. The largest absolute Gasteiger partial charge is 0.463 e. The van der Waals surface area contributed by atoms with Gasteiger partial charge in [0.2, 0.25) is 0 Å². The second-order valence-electron chi connectivity index (χ2n) is 6.06. The maximum Gasteiger partial charge on any atom is 0.330 e. The van der Waals surface area contributed by atoms with Crippen molar-refractivity contribution in [2.45, 2.75) is 38.0 Å². The molecule has 6 heteroatoms. The molecule has 0 radical (unpaired) electrons. The highest BCUT2D eigenvalue weighted by Gasteiger charge is 2.13. The Hall–Kier alpha value is -2.60. The standard InChI is InChI=1S/C21H25NO4S/c1-3-5-6-17-9-14-20(15-10-17)27(24,25)22-19-12-7-18(8-13-19)11-16-21(23)26-4-2/h7-16,22H,3-6H2,1-2H3. The zero-order valence-corrected chi connectivity index (χ0v) is 16.5. The lowest BCUT2D eigenvalue weighted by molar-refractivity contribution is -0.137. The summed E-state index contributed by atoms with van der Waals surface area (Å²) in [5, 5.41) is 0. The van der Waals surface area contributed by atoms with Crippen molar-refractivity contribution in [2.24, 2.45) is 0 Å². The number of aryl methyl sites for hydroxylation is 1. The van der Waals surface area contributed by atoms with Crippen LogP contribution in [-0.4, -0.2) is 21.0 Å². The van der Waals surface area contributed by atoms with Crippen LogP contribution in [0.3, 0.4) is 0 Å². The molecule has 0 heterocycles. The van der Waals surface area contributed by atoms with E-state index >= 15 is 0 Å². The fourth-order valence-corrected chi connectivity index (χ4v) is 3.51. The molecular weight excluding hydrogens is 362 g/mol. The van der Waals surface area contributed by atoms with E-state index < -0.39 is 16.0 Å². The van der Waals surface area contributed by atoms with Gasteiger partial charge < -0.3 is 4.74 Å². The van der Waals surface area contributed by atoms with E-state index in [2.05, 4.69) is 11.6 Å². The highest BCUT2D eigenvalue weighted by Crippen LogP contribution is 2.18. The number of nitrogens with one attached hydrogen (secondary N) is 1. The number of esters is 1. The van der Waals surface area contributed by atoms with Crippen molar-refractivity contribution in [1.82, 2.24) is 0 Å². The van der Waals surface area contributed by atoms with Gasteiger partial charge in [-0.05, 0) is 61.2 Å². The third kappa shape index (κ3) is 6.57. The Kier molecular flexibility index (Phi) is 7.61. The Labute approximate surface area is 161 Å². The first-order chi connectivity index (χ1) is 12.9. The van der Waals surface area contributed by atoms with Gasteiger partial charge in [0.05, 0.1) is 11.5 Å². The summed E-state index contributed by atoms with van der Waals surface area (Å²) in [6, 6.07) is 13.7. The Bertz CT molecular complexity index is 869. The molecule has 0 aliphatic rings. The number of carbonyl (C=O) groups is 1. The van der Waals surface area contributed by atoms with Crippen molar-refractivity contribution in [2.75, 3.05) is 11.3 Å². The summed E-state index contributed by atoms with van der Waals surface area (Å²) in [6.45, 7) is 4.19. The van der Waals surface area contributed by atoms with Crippen LogP contribution in [0.5, 0.6) is 0 Å². The summed E-state index contributed by atoms with van der Waals surface area (Å²) in [4.78, 5) is 11.5. The molecule has 0 fully saturated rings. The molecule has 0 aliphatic heterocycles. The van der Waals surface area contributed by atoms with Crippen LogP contribution in [0.15, 0.2) is 59.5 Å². The van der Waals surface area contributed by atoms with Crippen molar-refractivity contribution in [3.63, 3.8) is 0 Å². The van der Waals surface area contributed by atoms with Gasteiger partial charge in [-0.1, -0.05) is 37.6 Å². The van der Waals surface area contributed by atoms with Gasteiger partial charge in [0.1, 0.15) is 0 Å². The molecule has 0 unspecified atom stereocenters. The molecule has 27 heavy (non-hydrogen) atoms. The first-order valence-corrected chi connectivity index (χ1v) is 10.5. The van der Waals surface area contributed by atoms with Gasteiger partial charge >= 0.3 is 5.97 Å². The molecule has 0 bridgehead atoms. The van der Waals surface area contributed by atoms with Crippen molar-refractivity contribution < 1.29 is 17.9 Å². The molecule has 2 rings (SSSR count). The summed E-state index contributed by atoms with van der Waals surface area (Å²) in [5.41, 5.74) is 2.36. The average molecular weight is 388 g/mol. The number of hydrogen-bond acceptors (Lipinski definition) is 4. The Morgan fingerprint density at radius 1 is 1.04 bits per heavy atom. The minimum Gasteiger partial charge on any atom is -0.463 e. The Balaban J connectivity index is 2.03. The van der Waals surface area contributed by atoms with Crippen LogP contribution in [0.2, 0.25) is 0 Å². The predicted octanol–water partition coefficient (Wildman–Crippen LogP) is 4.41. The molecule has 1 N–H and O–H groups in total. The summed E-state index contributed by atoms with van der Waals surface area (Å²) in [7, 11) is -3.64. The molecule has 2 aromatic carbocycles. The number of rotatable bonds is 9. The van der Waals surface area contributed by atoms with Crippen LogP contribution in [0.4, 0.5) is 5.69 Å². The molecule has 144 valence electrons. The van der Waals surface area contributed by atoms with E-state index in [1.807, 2.05) is 12.1 Å². The molecular formula is C21H25NO4S. The minimum atomic E-state index is -3.64. The van der Waals surface area contributed by atoms with Gasteiger partial charge in [-0.25, -0.2) is 13.2 Å². The van der Waals surface area contributed by atoms with Crippen molar-refractivity contribution >= 4 is 27.8 Å². The summed E-state index contributed by atoms with van der Waals surface area (Å²) >= 11 is 0. The summed E-state index contributed by atoms with van der Waals surface area (Å²) < 4.78 is 32.4. The van der Waals surface area contributed by atoms with E-state index in [0.29, 0.717) is 12.3 Å². The van der Waals surface area contributed by atoms with E-state index in [4.69, 9.17) is 4.74 Å². The first kappa shape index (κ1) is 20.7. The zero-order valence-electron chi connectivity index (χ0n) is 15.6. The maximum atomic E-state index is 12.5. The Morgan fingerprint density at radius 3 is 2.30 bits per heavy atom. The van der Waals surface area contributed by atoms with Crippen LogP contribution >= 0.6 is 0 Å².